The molecular weight excluding hydrogens is 411 g/mol. The Bertz CT molecular complexity index is 1040. The summed E-state index contributed by atoms with van der Waals surface area (Å²) in [6.45, 7) is 1.82. The summed E-state index contributed by atoms with van der Waals surface area (Å²) in [6, 6.07) is 9.64. The molecule has 0 radical (unpaired) electrons. The van der Waals surface area contributed by atoms with Gasteiger partial charge in [0.2, 0.25) is 0 Å². The summed E-state index contributed by atoms with van der Waals surface area (Å²) in [5.74, 6) is 0.204. The van der Waals surface area contributed by atoms with Crippen LogP contribution in [0, 0.1) is 0 Å². The van der Waals surface area contributed by atoms with Gasteiger partial charge < -0.3 is 14.9 Å². The lowest BCUT2D eigenvalue weighted by Crippen LogP contribution is -2.48. The van der Waals surface area contributed by atoms with Gasteiger partial charge in [0.1, 0.15) is 0 Å². The second-order valence-electron chi connectivity index (χ2n) is 8.00. The number of carboxylic acid groups (broad SMARTS) is 1. The van der Waals surface area contributed by atoms with Crippen LogP contribution in [0.2, 0.25) is 10.0 Å². The zero-order valence-electron chi connectivity index (χ0n) is 15.7. The van der Waals surface area contributed by atoms with E-state index in [9.17, 15) is 14.7 Å². The number of carbonyl (C=O) groups excluding carboxylic acids is 1. The average molecular weight is 431 g/mol. The van der Waals surface area contributed by atoms with E-state index < -0.39 is 6.09 Å². The van der Waals surface area contributed by atoms with Gasteiger partial charge in [0.25, 0.3) is 0 Å². The summed E-state index contributed by atoms with van der Waals surface area (Å²) < 4.78 is 0. The number of Topliss-reactive ketones (excluding diaryl/α,β-unsaturated/α-hetero) is 1. The molecule has 29 heavy (non-hydrogen) atoms. The minimum atomic E-state index is -0.885. The largest absolute Gasteiger partial charge is 0.465 e. The van der Waals surface area contributed by atoms with Crippen LogP contribution in [0.15, 0.2) is 30.3 Å². The highest BCUT2D eigenvalue weighted by molar-refractivity contribution is 6.36. The molecule has 2 aromatic carbocycles. The summed E-state index contributed by atoms with van der Waals surface area (Å²) in [4.78, 5) is 28.4. The fraction of sp³-hybridized carbons (Fsp3) is 0.364. The fourth-order valence-corrected chi connectivity index (χ4v) is 5.65. The number of anilines is 1. The first kappa shape index (κ1) is 18.8. The van der Waals surface area contributed by atoms with E-state index in [0.29, 0.717) is 29.6 Å². The molecule has 3 heterocycles. The molecule has 3 aliphatic rings. The molecule has 0 aromatic heterocycles. The van der Waals surface area contributed by atoms with Gasteiger partial charge in [-0.1, -0.05) is 29.3 Å². The van der Waals surface area contributed by atoms with Crippen molar-refractivity contribution in [2.75, 3.05) is 24.5 Å². The van der Waals surface area contributed by atoms with Crippen molar-refractivity contribution in [3.05, 3.63) is 51.5 Å². The predicted octanol–water partition coefficient (Wildman–Crippen LogP) is 5.29. The molecule has 0 bridgehead atoms. The number of benzene rings is 2. The summed E-state index contributed by atoms with van der Waals surface area (Å²) in [6.07, 6.45) is 1.23. The van der Waals surface area contributed by atoms with Crippen LogP contribution in [0.3, 0.4) is 0 Å². The van der Waals surface area contributed by atoms with Crippen molar-refractivity contribution < 1.29 is 14.7 Å². The van der Waals surface area contributed by atoms with Gasteiger partial charge in [-0.15, -0.1) is 0 Å². The number of piperidine rings is 1. The molecule has 5 nitrogen and oxygen atoms in total. The molecule has 1 fully saturated rings. The number of fused-ring (bicyclic) bond motifs is 3. The summed E-state index contributed by atoms with van der Waals surface area (Å²) in [5, 5.41) is 10.6. The quantitative estimate of drug-likeness (QED) is 0.667. The van der Waals surface area contributed by atoms with E-state index in [0.717, 1.165) is 47.3 Å². The zero-order chi connectivity index (χ0) is 20.3. The minimum Gasteiger partial charge on any atom is -0.465 e. The van der Waals surface area contributed by atoms with Crippen LogP contribution >= 0.6 is 23.2 Å². The molecule has 0 unspecified atom stereocenters. The Hall–Kier alpha value is -2.24. The maximum atomic E-state index is 12.9. The second-order valence-corrected chi connectivity index (χ2v) is 8.84. The third-order valence-electron chi connectivity index (χ3n) is 6.42. The predicted molar refractivity (Wildman–Crippen MR) is 114 cm³/mol. The van der Waals surface area contributed by atoms with Gasteiger partial charge in [-0.3, -0.25) is 4.79 Å². The summed E-state index contributed by atoms with van der Waals surface area (Å²) in [7, 11) is 0. The van der Waals surface area contributed by atoms with Crippen LogP contribution in [0.5, 0.6) is 0 Å². The van der Waals surface area contributed by atoms with E-state index in [-0.39, 0.29) is 17.7 Å². The molecule has 3 aliphatic heterocycles. The second kappa shape index (κ2) is 6.92. The molecule has 5 rings (SSSR count). The SMILES string of the molecule is O=C1CCCN2c3c1cc(-c1ccc(Cl)cc1Cl)cc3[C@@H]1CN(C(=O)O)CC[C@@H]12. The number of hydrogen-bond donors (Lipinski definition) is 1. The summed E-state index contributed by atoms with van der Waals surface area (Å²) in [5.41, 5.74) is 4.51. The third-order valence-corrected chi connectivity index (χ3v) is 6.97. The van der Waals surface area contributed by atoms with Crippen molar-refractivity contribution in [3.8, 4) is 11.1 Å². The molecule has 0 saturated carbocycles. The molecule has 1 N–H and O–H groups in total. The number of rotatable bonds is 1. The van der Waals surface area contributed by atoms with Gasteiger partial charge in [-0.2, -0.15) is 0 Å². The number of amides is 1. The van der Waals surface area contributed by atoms with Crippen LogP contribution in [-0.2, 0) is 0 Å². The third kappa shape index (κ3) is 2.99. The minimum absolute atomic E-state index is 0.0607. The number of ketones is 1. The Kier molecular flexibility index (Phi) is 4.48. The maximum absolute atomic E-state index is 12.9. The molecule has 1 saturated heterocycles. The van der Waals surface area contributed by atoms with E-state index in [2.05, 4.69) is 11.0 Å². The first-order valence-corrected chi connectivity index (χ1v) is 10.6. The van der Waals surface area contributed by atoms with Crippen LogP contribution in [0.4, 0.5) is 10.5 Å². The van der Waals surface area contributed by atoms with E-state index in [1.807, 2.05) is 12.1 Å². The number of carbonyl (C=O) groups is 2. The lowest BCUT2D eigenvalue weighted by atomic mass is 9.86. The number of nitrogens with zero attached hydrogens (tertiary/aromatic N) is 2. The van der Waals surface area contributed by atoms with Gasteiger partial charge in [-0.25, -0.2) is 4.79 Å². The smallest absolute Gasteiger partial charge is 0.407 e. The lowest BCUT2D eigenvalue weighted by Gasteiger charge is -2.37. The van der Waals surface area contributed by atoms with E-state index in [1.54, 1.807) is 12.1 Å². The van der Waals surface area contributed by atoms with Crippen molar-refractivity contribution in [1.29, 1.82) is 0 Å². The van der Waals surface area contributed by atoms with Crippen LogP contribution in [0.25, 0.3) is 11.1 Å². The van der Waals surface area contributed by atoms with Gasteiger partial charge in [0.05, 0.1) is 5.69 Å². The first-order chi connectivity index (χ1) is 13.9. The maximum Gasteiger partial charge on any atom is 0.407 e. The van der Waals surface area contributed by atoms with E-state index >= 15 is 0 Å². The van der Waals surface area contributed by atoms with Gasteiger partial charge in [0, 0.05) is 59.2 Å². The molecular formula is C22H20Cl2N2O3. The Balaban J connectivity index is 1.69. The Labute approximate surface area is 178 Å². The molecule has 7 heteroatoms. The molecule has 1 amide bonds. The normalized spacial score (nSPS) is 22.9. The van der Waals surface area contributed by atoms with Crippen LogP contribution in [0.1, 0.15) is 41.1 Å². The van der Waals surface area contributed by atoms with E-state index in [4.69, 9.17) is 23.2 Å². The highest BCUT2D eigenvalue weighted by Crippen LogP contribution is 2.50. The van der Waals surface area contributed by atoms with Crippen molar-refractivity contribution >= 4 is 40.8 Å². The van der Waals surface area contributed by atoms with Crippen molar-refractivity contribution in [2.24, 2.45) is 0 Å². The summed E-state index contributed by atoms with van der Waals surface area (Å²) >= 11 is 12.5. The highest BCUT2D eigenvalue weighted by atomic mass is 35.5. The number of halogens is 2. The van der Waals surface area contributed by atoms with Gasteiger partial charge in [0.15, 0.2) is 5.78 Å². The Morgan fingerprint density at radius 1 is 1.10 bits per heavy atom. The topological polar surface area (TPSA) is 60.9 Å². The number of hydrogen-bond acceptors (Lipinski definition) is 3. The van der Waals surface area contributed by atoms with Crippen molar-refractivity contribution in [3.63, 3.8) is 0 Å². The Morgan fingerprint density at radius 3 is 2.69 bits per heavy atom. The van der Waals surface area contributed by atoms with Gasteiger partial charge >= 0.3 is 6.09 Å². The number of likely N-dealkylation sites (tertiary alicyclic amines) is 1. The average Bonchev–Trinajstić information content (AvgIpc) is 2.89. The molecule has 0 aliphatic carbocycles. The van der Waals surface area contributed by atoms with Crippen LogP contribution < -0.4 is 4.90 Å². The standard InChI is InChI=1S/C22H20Cl2N2O3/c23-13-3-4-14(18(24)10-13)12-8-15-17-11-25(22(28)29)7-5-19(17)26-6-1-2-20(27)16(9-12)21(15)26/h3-4,8-10,17,19H,1-2,5-7,11H2,(H,28,29)/t17-,19-/m0/s1. The molecule has 2 atom stereocenters. The van der Waals surface area contributed by atoms with Gasteiger partial charge in [-0.05, 0) is 48.2 Å². The van der Waals surface area contributed by atoms with Crippen molar-refractivity contribution in [2.45, 2.75) is 31.2 Å². The van der Waals surface area contributed by atoms with Crippen LogP contribution in [-0.4, -0.2) is 47.6 Å². The molecule has 0 spiro atoms. The lowest BCUT2D eigenvalue weighted by molar-refractivity contribution is 0.0982. The van der Waals surface area contributed by atoms with E-state index in [1.165, 1.54) is 4.90 Å². The fourth-order valence-electron chi connectivity index (χ4n) is 5.13. The Morgan fingerprint density at radius 2 is 1.93 bits per heavy atom. The molecule has 150 valence electrons. The zero-order valence-corrected chi connectivity index (χ0v) is 17.2. The monoisotopic (exact) mass is 430 g/mol. The highest BCUT2D eigenvalue weighted by Gasteiger charge is 2.45. The van der Waals surface area contributed by atoms with Crippen molar-refractivity contribution in [1.82, 2.24) is 4.90 Å². The first-order valence-electron chi connectivity index (χ1n) is 9.85. The molecule has 2 aromatic rings.